The molecular weight excluding hydrogens is 184 g/mol. The lowest BCUT2D eigenvalue weighted by atomic mass is 10.4. The predicted octanol–water partition coefficient (Wildman–Crippen LogP) is 1.62. The minimum atomic E-state index is -0.444. The maximum absolute atomic E-state index is 11.0. The Balaban J connectivity index is 2.30. The van der Waals surface area contributed by atoms with Gasteiger partial charge in [0.2, 0.25) is 0 Å². The van der Waals surface area contributed by atoms with Crippen molar-refractivity contribution in [2.75, 3.05) is 0 Å². The molecule has 0 unspecified atom stereocenters. The first-order chi connectivity index (χ1) is 6.58. The van der Waals surface area contributed by atoms with Crippen LogP contribution in [0.15, 0.2) is 10.6 Å². The Hall–Kier alpha value is -1.52. The second kappa shape index (κ2) is 4.64. The van der Waals surface area contributed by atoms with Gasteiger partial charge in [-0.3, -0.25) is 0 Å². The van der Waals surface area contributed by atoms with Gasteiger partial charge < -0.3 is 14.6 Å². The lowest BCUT2D eigenvalue weighted by Crippen LogP contribution is -2.26. The fourth-order valence-electron chi connectivity index (χ4n) is 0.920. The Morgan fingerprint density at radius 1 is 1.71 bits per heavy atom. The molecule has 1 heterocycles. The third kappa shape index (κ3) is 3.47. The number of alkyl carbamates (subject to hydrolysis) is 1. The number of aryl methyl sites for hydroxylation is 1. The van der Waals surface area contributed by atoms with Gasteiger partial charge in [-0.05, 0) is 20.8 Å². The highest BCUT2D eigenvalue weighted by Crippen LogP contribution is 2.00. The average molecular weight is 198 g/mol. The lowest BCUT2D eigenvalue weighted by Gasteiger charge is -2.07. The van der Waals surface area contributed by atoms with Crippen LogP contribution in [0.3, 0.4) is 0 Å². The van der Waals surface area contributed by atoms with Crippen LogP contribution in [0.2, 0.25) is 0 Å². The van der Waals surface area contributed by atoms with Crippen molar-refractivity contribution in [2.24, 2.45) is 0 Å². The van der Waals surface area contributed by atoms with E-state index in [0.29, 0.717) is 12.2 Å². The number of nitrogens with zero attached hydrogens (tertiary/aromatic N) is 1. The normalized spacial score (nSPS) is 10.3. The van der Waals surface area contributed by atoms with Crippen LogP contribution in [0, 0.1) is 6.92 Å². The van der Waals surface area contributed by atoms with E-state index in [0.717, 1.165) is 5.76 Å². The number of rotatable bonds is 3. The minimum Gasteiger partial charge on any atom is -0.447 e. The molecule has 0 saturated heterocycles. The maximum atomic E-state index is 11.0. The van der Waals surface area contributed by atoms with Crippen LogP contribution in [0.1, 0.15) is 25.3 Å². The Morgan fingerprint density at radius 2 is 2.43 bits per heavy atom. The molecule has 1 N–H and O–H groups in total. The third-order valence-corrected chi connectivity index (χ3v) is 1.43. The summed E-state index contributed by atoms with van der Waals surface area (Å²) in [6.07, 6.45) is -0.560. The van der Waals surface area contributed by atoms with Gasteiger partial charge in [0.05, 0.1) is 12.6 Å². The van der Waals surface area contributed by atoms with E-state index in [4.69, 9.17) is 9.26 Å². The van der Waals surface area contributed by atoms with Gasteiger partial charge in [0.15, 0.2) is 0 Å². The van der Waals surface area contributed by atoms with Gasteiger partial charge in [0, 0.05) is 6.07 Å². The number of hydrogen-bond acceptors (Lipinski definition) is 4. The molecule has 5 nitrogen and oxygen atoms in total. The second-order valence-electron chi connectivity index (χ2n) is 3.24. The number of amides is 1. The first kappa shape index (κ1) is 10.6. The van der Waals surface area contributed by atoms with Gasteiger partial charge >= 0.3 is 6.09 Å². The van der Waals surface area contributed by atoms with Crippen LogP contribution in [0.4, 0.5) is 4.79 Å². The van der Waals surface area contributed by atoms with Crippen molar-refractivity contribution in [1.82, 2.24) is 10.5 Å². The van der Waals surface area contributed by atoms with Gasteiger partial charge in [0.1, 0.15) is 11.5 Å². The molecule has 0 bridgehead atoms. The van der Waals surface area contributed by atoms with Crippen LogP contribution < -0.4 is 5.32 Å². The average Bonchev–Trinajstić information content (AvgIpc) is 2.47. The van der Waals surface area contributed by atoms with Gasteiger partial charge in [-0.25, -0.2) is 4.79 Å². The minimum absolute atomic E-state index is 0.117. The summed E-state index contributed by atoms with van der Waals surface area (Å²) < 4.78 is 9.71. The number of ether oxygens (including phenoxy) is 1. The highest BCUT2D eigenvalue weighted by Gasteiger charge is 2.06. The molecule has 0 spiro atoms. The number of nitrogens with one attached hydrogen (secondary N) is 1. The van der Waals surface area contributed by atoms with E-state index in [1.165, 1.54) is 0 Å². The van der Waals surface area contributed by atoms with Gasteiger partial charge in [-0.15, -0.1) is 0 Å². The Bertz CT molecular complexity index is 307. The van der Waals surface area contributed by atoms with Crippen LogP contribution >= 0.6 is 0 Å². The van der Waals surface area contributed by atoms with Crippen molar-refractivity contribution in [3.8, 4) is 0 Å². The largest absolute Gasteiger partial charge is 0.447 e. The topological polar surface area (TPSA) is 64.4 Å². The lowest BCUT2D eigenvalue weighted by molar-refractivity contribution is 0.115. The van der Waals surface area contributed by atoms with Gasteiger partial charge in [-0.2, -0.15) is 0 Å². The third-order valence-electron chi connectivity index (χ3n) is 1.43. The zero-order chi connectivity index (χ0) is 10.6. The number of hydrogen-bond donors (Lipinski definition) is 1. The fourth-order valence-corrected chi connectivity index (χ4v) is 0.920. The molecule has 0 radical (unpaired) electrons. The fraction of sp³-hybridized carbons (Fsp3) is 0.556. The molecule has 0 aliphatic rings. The molecule has 0 aliphatic heterocycles. The molecule has 0 aliphatic carbocycles. The summed E-state index contributed by atoms with van der Waals surface area (Å²) in [4.78, 5) is 11.0. The van der Waals surface area contributed by atoms with E-state index in [9.17, 15) is 4.79 Å². The van der Waals surface area contributed by atoms with Crippen molar-refractivity contribution >= 4 is 6.09 Å². The summed E-state index contributed by atoms with van der Waals surface area (Å²) in [6.45, 7) is 5.70. The molecule has 1 aromatic rings. The summed E-state index contributed by atoms with van der Waals surface area (Å²) >= 11 is 0. The van der Waals surface area contributed by atoms with Crippen molar-refractivity contribution in [3.63, 3.8) is 0 Å². The highest BCUT2D eigenvalue weighted by atomic mass is 16.6. The Labute approximate surface area is 82.4 Å². The van der Waals surface area contributed by atoms with Gasteiger partial charge in [-0.1, -0.05) is 5.16 Å². The Kier molecular flexibility index (Phi) is 3.50. The SMILES string of the molecule is Cc1cc(CNC(=O)OC(C)C)no1. The molecule has 78 valence electrons. The van der Waals surface area contributed by atoms with Crippen LogP contribution in [-0.2, 0) is 11.3 Å². The van der Waals surface area contributed by atoms with E-state index in [1.54, 1.807) is 26.8 Å². The highest BCUT2D eigenvalue weighted by molar-refractivity contribution is 5.67. The second-order valence-corrected chi connectivity index (χ2v) is 3.24. The van der Waals surface area contributed by atoms with E-state index in [2.05, 4.69) is 10.5 Å². The molecule has 1 amide bonds. The monoisotopic (exact) mass is 198 g/mol. The summed E-state index contributed by atoms with van der Waals surface area (Å²) in [7, 11) is 0. The summed E-state index contributed by atoms with van der Waals surface area (Å²) in [6, 6.07) is 1.76. The van der Waals surface area contributed by atoms with Crippen LogP contribution in [0.25, 0.3) is 0 Å². The smallest absolute Gasteiger partial charge is 0.407 e. The first-order valence-corrected chi connectivity index (χ1v) is 4.44. The Morgan fingerprint density at radius 3 is 2.93 bits per heavy atom. The molecule has 1 rings (SSSR count). The van der Waals surface area contributed by atoms with Crippen molar-refractivity contribution in [3.05, 3.63) is 17.5 Å². The van der Waals surface area contributed by atoms with E-state index in [-0.39, 0.29) is 6.10 Å². The summed E-state index contributed by atoms with van der Waals surface area (Å²) in [5, 5.41) is 6.28. The summed E-state index contributed by atoms with van der Waals surface area (Å²) in [5.74, 6) is 0.721. The van der Waals surface area contributed by atoms with E-state index < -0.39 is 6.09 Å². The molecule has 1 aromatic heterocycles. The van der Waals surface area contributed by atoms with Gasteiger partial charge in [0.25, 0.3) is 0 Å². The van der Waals surface area contributed by atoms with E-state index in [1.807, 2.05) is 0 Å². The van der Waals surface area contributed by atoms with E-state index >= 15 is 0 Å². The number of carbonyl (C=O) groups is 1. The zero-order valence-corrected chi connectivity index (χ0v) is 8.53. The van der Waals surface area contributed by atoms with Crippen molar-refractivity contribution < 1.29 is 14.1 Å². The molecule has 0 saturated carbocycles. The van der Waals surface area contributed by atoms with Crippen molar-refractivity contribution in [1.29, 1.82) is 0 Å². The molecule has 0 atom stereocenters. The first-order valence-electron chi connectivity index (χ1n) is 4.44. The molecular formula is C9H14N2O3. The standard InChI is InChI=1S/C9H14N2O3/c1-6(2)13-9(12)10-5-8-4-7(3)14-11-8/h4,6H,5H2,1-3H3,(H,10,12). The van der Waals surface area contributed by atoms with Crippen molar-refractivity contribution in [2.45, 2.75) is 33.4 Å². The quantitative estimate of drug-likeness (QED) is 0.801. The number of carbonyl (C=O) groups excluding carboxylic acids is 1. The molecule has 14 heavy (non-hydrogen) atoms. The van der Waals surface area contributed by atoms with Crippen LogP contribution in [-0.4, -0.2) is 17.4 Å². The maximum Gasteiger partial charge on any atom is 0.407 e. The molecule has 0 aromatic carbocycles. The summed E-state index contributed by atoms with van der Waals surface area (Å²) in [5.41, 5.74) is 0.684. The zero-order valence-electron chi connectivity index (χ0n) is 8.53. The number of aromatic nitrogens is 1. The predicted molar refractivity (Wildman–Crippen MR) is 49.7 cm³/mol. The van der Waals surface area contributed by atoms with Crippen LogP contribution in [0.5, 0.6) is 0 Å². The molecule has 5 heteroatoms. The molecule has 0 fully saturated rings.